The fourth-order valence-electron chi connectivity index (χ4n) is 5.45. The van der Waals surface area contributed by atoms with E-state index in [1.54, 1.807) is 6.92 Å². The van der Waals surface area contributed by atoms with Crippen molar-refractivity contribution in [3.05, 3.63) is 40.1 Å². The zero-order valence-corrected chi connectivity index (χ0v) is 18.9. The van der Waals surface area contributed by atoms with E-state index in [0.717, 1.165) is 29.5 Å². The second-order valence-electron chi connectivity index (χ2n) is 8.61. The SMILES string of the molecule is CCOC(=O)OC1=C(c2c(CC)cc(C)cc2CC)C(=O)C2CC(C3OCCO3)CC12. The topological polar surface area (TPSA) is 71.1 Å². The number of Topliss-reactive ketones (excluding diaryl/α,β-unsaturated/α-hetero) is 1. The van der Waals surface area contributed by atoms with Gasteiger partial charge in [0, 0.05) is 17.8 Å². The molecule has 0 bridgehead atoms. The minimum atomic E-state index is -0.747. The Labute approximate surface area is 183 Å². The third kappa shape index (κ3) is 4.03. The summed E-state index contributed by atoms with van der Waals surface area (Å²) in [7, 11) is 0. The van der Waals surface area contributed by atoms with Gasteiger partial charge in [-0.05, 0) is 56.2 Å². The molecule has 3 aliphatic rings. The molecule has 3 atom stereocenters. The van der Waals surface area contributed by atoms with Crippen LogP contribution in [0.4, 0.5) is 4.79 Å². The van der Waals surface area contributed by atoms with Crippen LogP contribution in [-0.4, -0.2) is 38.0 Å². The number of ketones is 1. The summed E-state index contributed by atoms with van der Waals surface area (Å²) in [5.41, 5.74) is 4.92. The van der Waals surface area contributed by atoms with Crippen LogP contribution in [0.5, 0.6) is 0 Å². The lowest BCUT2D eigenvalue weighted by Crippen LogP contribution is -2.21. The first-order valence-corrected chi connectivity index (χ1v) is 11.5. The van der Waals surface area contributed by atoms with Gasteiger partial charge in [0.05, 0.1) is 25.4 Å². The Balaban J connectivity index is 1.79. The van der Waals surface area contributed by atoms with Gasteiger partial charge < -0.3 is 18.9 Å². The maximum absolute atomic E-state index is 13.7. The fourth-order valence-corrected chi connectivity index (χ4v) is 5.45. The lowest BCUT2D eigenvalue weighted by Gasteiger charge is -2.20. The first-order chi connectivity index (χ1) is 15.0. The maximum Gasteiger partial charge on any atom is 0.513 e. The summed E-state index contributed by atoms with van der Waals surface area (Å²) in [4.78, 5) is 26.1. The Morgan fingerprint density at radius 3 is 2.23 bits per heavy atom. The average Bonchev–Trinajstić information content (AvgIpc) is 3.47. The molecule has 0 N–H and O–H groups in total. The van der Waals surface area contributed by atoms with Gasteiger partial charge in [0.1, 0.15) is 5.76 Å². The van der Waals surface area contributed by atoms with Crippen LogP contribution in [0.15, 0.2) is 17.9 Å². The zero-order chi connectivity index (χ0) is 22.1. The Bertz CT molecular complexity index is 870. The molecule has 0 radical (unpaired) electrons. The molecule has 1 saturated heterocycles. The minimum Gasteiger partial charge on any atom is -0.434 e. The quantitative estimate of drug-likeness (QED) is 0.617. The van der Waals surface area contributed by atoms with Crippen molar-refractivity contribution in [1.29, 1.82) is 0 Å². The number of aryl methyl sites for hydroxylation is 3. The predicted molar refractivity (Wildman–Crippen MR) is 115 cm³/mol. The predicted octanol–water partition coefficient (Wildman–Crippen LogP) is 4.60. The molecule has 0 amide bonds. The Hall–Kier alpha value is -2.18. The van der Waals surface area contributed by atoms with Crippen LogP contribution in [-0.2, 0) is 36.6 Å². The molecule has 6 nitrogen and oxygen atoms in total. The molecular formula is C25H32O6. The van der Waals surface area contributed by atoms with Crippen molar-refractivity contribution in [3.63, 3.8) is 0 Å². The first-order valence-electron chi connectivity index (χ1n) is 11.5. The molecule has 2 fully saturated rings. The number of benzene rings is 1. The Kier molecular flexibility index (Phi) is 6.49. The number of ether oxygens (including phenoxy) is 4. The van der Waals surface area contributed by atoms with E-state index >= 15 is 0 Å². The molecule has 31 heavy (non-hydrogen) atoms. The standard InChI is InChI=1S/C25H32O6/c1-5-15-10-14(4)11-16(6-2)20(15)21-22(26)18-12-17(24-29-8-9-30-24)13-19(18)23(21)31-25(27)28-7-3/h10-11,17-19,24H,5-9,12-13H2,1-4H3. The second kappa shape index (κ2) is 9.13. The molecule has 1 heterocycles. The van der Waals surface area contributed by atoms with Crippen LogP contribution in [0.1, 0.15) is 55.9 Å². The van der Waals surface area contributed by atoms with E-state index < -0.39 is 6.16 Å². The van der Waals surface area contributed by atoms with Gasteiger partial charge in [-0.1, -0.05) is 31.5 Å². The van der Waals surface area contributed by atoms with Crippen molar-refractivity contribution in [1.82, 2.24) is 0 Å². The smallest absolute Gasteiger partial charge is 0.434 e. The summed E-state index contributed by atoms with van der Waals surface area (Å²) >= 11 is 0. The lowest BCUT2D eigenvalue weighted by molar-refractivity contribution is -0.117. The van der Waals surface area contributed by atoms with Crippen LogP contribution >= 0.6 is 0 Å². The molecule has 6 heteroatoms. The van der Waals surface area contributed by atoms with Gasteiger partial charge in [-0.25, -0.2) is 4.79 Å². The van der Waals surface area contributed by atoms with Crippen LogP contribution < -0.4 is 0 Å². The number of rotatable bonds is 6. The summed E-state index contributed by atoms with van der Waals surface area (Å²) in [6, 6.07) is 4.27. The van der Waals surface area contributed by atoms with E-state index in [-0.39, 0.29) is 36.4 Å². The third-order valence-corrected chi connectivity index (χ3v) is 6.71. The number of carbonyl (C=O) groups excluding carboxylic acids is 2. The second-order valence-corrected chi connectivity index (χ2v) is 8.61. The summed E-state index contributed by atoms with van der Waals surface area (Å²) in [6.07, 6.45) is 1.96. The normalized spacial score (nSPS) is 25.9. The molecule has 1 aromatic carbocycles. The molecule has 0 spiro atoms. The summed E-state index contributed by atoms with van der Waals surface area (Å²) in [5.74, 6) is 0.298. The molecule has 168 valence electrons. The van der Waals surface area contributed by atoms with E-state index in [0.29, 0.717) is 37.4 Å². The van der Waals surface area contributed by atoms with Crippen molar-refractivity contribution < 1.29 is 28.5 Å². The van der Waals surface area contributed by atoms with Gasteiger partial charge in [0.25, 0.3) is 0 Å². The van der Waals surface area contributed by atoms with Gasteiger partial charge in [0.15, 0.2) is 12.1 Å². The van der Waals surface area contributed by atoms with E-state index in [4.69, 9.17) is 18.9 Å². The highest BCUT2D eigenvalue weighted by Crippen LogP contribution is 2.53. The molecule has 3 unspecified atom stereocenters. The fraction of sp³-hybridized carbons (Fsp3) is 0.600. The molecule has 2 aliphatic carbocycles. The van der Waals surface area contributed by atoms with Gasteiger partial charge >= 0.3 is 6.16 Å². The van der Waals surface area contributed by atoms with E-state index in [1.807, 2.05) is 0 Å². The van der Waals surface area contributed by atoms with Crippen LogP contribution in [0.25, 0.3) is 5.57 Å². The van der Waals surface area contributed by atoms with Gasteiger partial charge in [-0.3, -0.25) is 4.79 Å². The Morgan fingerprint density at radius 2 is 1.65 bits per heavy atom. The summed E-state index contributed by atoms with van der Waals surface area (Å²) in [5, 5.41) is 0. The molecule has 0 aromatic heterocycles. The molecule has 1 aromatic rings. The highest BCUT2D eigenvalue weighted by atomic mass is 16.7. The van der Waals surface area contributed by atoms with Gasteiger partial charge in [0.2, 0.25) is 0 Å². The van der Waals surface area contributed by atoms with E-state index in [2.05, 4.69) is 32.9 Å². The van der Waals surface area contributed by atoms with E-state index in [1.165, 1.54) is 5.56 Å². The summed E-state index contributed by atoms with van der Waals surface area (Å²) in [6.45, 7) is 9.39. The maximum atomic E-state index is 13.7. The highest BCUT2D eigenvalue weighted by molar-refractivity contribution is 6.26. The van der Waals surface area contributed by atoms with Crippen molar-refractivity contribution >= 4 is 17.5 Å². The summed E-state index contributed by atoms with van der Waals surface area (Å²) < 4.78 is 22.2. The highest BCUT2D eigenvalue weighted by Gasteiger charge is 2.53. The lowest BCUT2D eigenvalue weighted by atomic mass is 9.87. The van der Waals surface area contributed by atoms with Gasteiger partial charge in [-0.15, -0.1) is 0 Å². The molecule has 4 rings (SSSR count). The van der Waals surface area contributed by atoms with E-state index in [9.17, 15) is 9.59 Å². The molecule has 1 saturated carbocycles. The van der Waals surface area contributed by atoms with Crippen LogP contribution in [0.3, 0.4) is 0 Å². The van der Waals surface area contributed by atoms with Crippen molar-refractivity contribution in [2.75, 3.05) is 19.8 Å². The molecule has 1 aliphatic heterocycles. The van der Waals surface area contributed by atoms with Gasteiger partial charge in [-0.2, -0.15) is 0 Å². The largest absolute Gasteiger partial charge is 0.513 e. The van der Waals surface area contributed by atoms with Crippen LogP contribution in [0, 0.1) is 24.7 Å². The van der Waals surface area contributed by atoms with Crippen molar-refractivity contribution in [3.8, 4) is 0 Å². The third-order valence-electron chi connectivity index (χ3n) is 6.71. The minimum absolute atomic E-state index is 0.0676. The Morgan fingerprint density at radius 1 is 1.03 bits per heavy atom. The van der Waals surface area contributed by atoms with Crippen molar-refractivity contribution in [2.24, 2.45) is 17.8 Å². The number of hydrogen-bond acceptors (Lipinski definition) is 6. The number of allylic oxidation sites excluding steroid dienone is 2. The number of hydrogen-bond donors (Lipinski definition) is 0. The zero-order valence-electron chi connectivity index (χ0n) is 18.9. The number of fused-ring (bicyclic) bond motifs is 1. The monoisotopic (exact) mass is 428 g/mol. The average molecular weight is 429 g/mol. The first kappa shape index (κ1) is 22.0. The van der Waals surface area contributed by atoms with Crippen LogP contribution in [0.2, 0.25) is 0 Å². The number of carbonyl (C=O) groups is 2. The van der Waals surface area contributed by atoms with Crippen molar-refractivity contribution in [2.45, 2.75) is 59.7 Å². The molecular weight excluding hydrogens is 396 g/mol.